The first kappa shape index (κ1) is 23.6. The Labute approximate surface area is 191 Å². The van der Waals surface area contributed by atoms with Crippen LogP contribution < -0.4 is 10.2 Å². The van der Waals surface area contributed by atoms with Crippen LogP contribution in [0.4, 0.5) is 5.13 Å². The number of aromatic nitrogens is 2. The number of nitrogens with one attached hydrogen (secondary N) is 1. The smallest absolute Gasteiger partial charge is 0.205 e. The molecule has 1 saturated heterocycles. The van der Waals surface area contributed by atoms with E-state index in [1.807, 2.05) is 0 Å². The van der Waals surface area contributed by atoms with Gasteiger partial charge in [0, 0.05) is 69.3 Å². The summed E-state index contributed by atoms with van der Waals surface area (Å²) in [4.78, 5) is 16.9. The predicted molar refractivity (Wildman–Crippen MR) is 129 cm³/mol. The van der Waals surface area contributed by atoms with Crippen LogP contribution in [0.3, 0.4) is 0 Å². The lowest BCUT2D eigenvalue weighted by molar-refractivity contribution is 0.217. The van der Waals surface area contributed by atoms with Gasteiger partial charge in [0.15, 0.2) is 5.96 Å². The molecule has 1 aromatic rings. The zero-order valence-electron chi connectivity index (χ0n) is 17.7. The van der Waals surface area contributed by atoms with Crippen LogP contribution in [0.25, 0.3) is 0 Å². The minimum Gasteiger partial charge on any atom is -0.357 e. The van der Waals surface area contributed by atoms with E-state index in [1.54, 1.807) is 0 Å². The molecular formula is C19H36IN7S. The minimum atomic E-state index is 0. The van der Waals surface area contributed by atoms with Crippen molar-refractivity contribution in [3.8, 4) is 0 Å². The van der Waals surface area contributed by atoms with E-state index in [4.69, 9.17) is 4.99 Å². The summed E-state index contributed by atoms with van der Waals surface area (Å²) in [5, 5.41) is 4.54. The third-order valence-corrected chi connectivity index (χ3v) is 6.07. The van der Waals surface area contributed by atoms with E-state index in [0.29, 0.717) is 6.04 Å². The van der Waals surface area contributed by atoms with Crippen LogP contribution in [0, 0.1) is 0 Å². The van der Waals surface area contributed by atoms with Gasteiger partial charge in [-0.05, 0) is 33.6 Å². The van der Waals surface area contributed by atoms with Crippen molar-refractivity contribution in [1.29, 1.82) is 0 Å². The Hall–Kier alpha value is -0.680. The second-order valence-corrected chi connectivity index (χ2v) is 8.35. The summed E-state index contributed by atoms with van der Waals surface area (Å²) < 4.78 is 4.42. The van der Waals surface area contributed by atoms with Gasteiger partial charge in [0.2, 0.25) is 5.13 Å². The number of nitrogens with zero attached hydrogens (tertiary/aromatic N) is 6. The van der Waals surface area contributed by atoms with Crippen molar-refractivity contribution in [2.24, 2.45) is 4.99 Å². The van der Waals surface area contributed by atoms with Crippen LogP contribution in [0.15, 0.2) is 4.99 Å². The molecular weight excluding hydrogens is 485 g/mol. The predicted octanol–water partition coefficient (Wildman–Crippen LogP) is 2.68. The van der Waals surface area contributed by atoms with Crippen LogP contribution in [-0.2, 0) is 6.42 Å². The van der Waals surface area contributed by atoms with Crippen molar-refractivity contribution < 1.29 is 0 Å². The van der Waals surface area contributed by atoms with Crippen LogP contribution >= 0.6 is 35.5 Å². The molecule has 0 spiro atoms. The number of aryl methyl sites for hydroxylation is 1. The van der Waals surface area contributed by atoms with E-state index in [2.05, 4.69) is 57.1 Å². The fourth-order valence-electron chi connectivity index (χ4n) is 3.59. The molecule has 1 N–H and O–H groups in total. The number of anilines is 1. The second kappa shape index (κ2) is 11.5. The van der Waals surface area contributed by atoms with Gasteiger partial charge in [0.1, 0.15) is 5.82 Å². The van der Waals surface area contributed by atoms with E-state index in [0.717, 1.165) is 75.2 Å². The largest absolute Gasteiger partial charge is 0.357 e. The highest BCUT2D eigenvalue weighted by Gasteiger charge is 2.30. The lowest BCUT2D eigenvalue weighted by Gasteiger charge is -2.36. The third kappa shape index (κ3) is 6.41. The molecule has 1 aliphatic carbocycles. The summed E-state index contributed by atoms with van der Waals surface area (Å²) in [5.41, 5.74) is 0. The van der Waals surface area contributed by atoms with Crippen molar-refractivity contribution >= 4 is 46.6 Å². The maximum Gasteiger partial charge on any atom is 0.205 e. The molecule has 0 radical (unpaired) electrons. The SMILES string of the molecule is CCNC(=NCCN(C(C)C)C1CC1)N1CCN(c2nc(CC)ns2)CC1.I. The molecule has 0 atom stereocenters. The Kier molecular flexibility index (Phi) is 9.68. The maximum atomic E-state index is 4.93. The molecule has 1 aromatic heterocycles. The van der Waals surface area contributed by atoms with E-state index >= 15 is 0 Å². The van der Waals surface area contributed by atoms with E-state index in [1.165, 1.54) is 24.4 Å². The number of hydrogen-bond donors (Lipinski definition) is 1. The fourth-order valence-corrected chi connectivity index (χ4v) is 4.39. The van der Waals surface area contributed by atoms with Crippen LogP contribution in [0.5, 0.6) is 0 Å². The number of rotatable bonds is 8. The molecule has 3 rings (SSSR count). The van der Waals surface area contributed by atoms with Crippen molar-refractivity contribution in [3.05, 3.63) is 5.82 Å². The van der Waals surface area contributed by atoms with E-state index < -0.39 is 0 Å². The van der Waals surface area contributed by atoms with Gasteiger partial charge in [-0.25, -0.2) is 4.98 Å². The number of guanidine groups is 1. The zero-order chi connectivity index (χ0) is 19.2. The van der Waals surface area contributed by atoms with Gasteiger partial charge >= 0.3 is 0 Å². The summed E-state index contributed by atoms with van der Waals surface area (Å²) in [7, 11) is 0. The summed E-state index contributed by atoms with van der Waals surface area (Å²) in [5.74, 6) is 2.01. The number of hydrogen-bond acceptors (Lipinski definition) is 6. The molecule has 28 heavy (non-hydrogen) atoms. The molecule has 0 bridgehead atoms. The average molecular weight is 522 g/mol. The Morgan fingerprint density at radius 1 is 1.25 bits per heavy atom. The highest BCUT2D eigenvalue weighted by Crippen LogP contribution is 2.28. The summed E-state index contributed by atoms with van der Waals surface area (Å²) in [6, 6.07) is 1.41. The molecule has 1 saturated carbocycles. The highest BCUT2D eigenvalue weighted by molar-refractivity contribution is 14.0. The fraction of sp³-hybridized carbons (Fsp3) is 0.842. The van der Waals surface area contributed by atoms with Gasteiger partial charge in [0.25, 0.3) is 0 Å². The maximum absolute atomic E-state index is 4.93. The lowest BCUT2D eigenvalue weighted by atomic mass is 10.3. The molecule has 0 unspecified atom stereocenters. The second-order valence-electron chi connectivity index (χ2n) is 7.62. The van der Waals surface area contributed by atoms with Crippen molar-refractivity contribution in [1.82, 2.24) is 24.5 Å². The quantitative estimate of drug-likeness (QED) is 0.323. The molecule has 9 heteroatoms. The third-order valence-electron chi connectivity index (χ3n) is 5.26. The Balaban J connectivity index is 0.00000280. The Morgan fingerprint density at radius 2 is 1.96 bits per heavy atom. The van der Waals surface area contributed by atoms with Gasteiger partial charge in [-0.2, -0.15) is 4.37 Å². The first-order chi connectivity index (χ1) is 13.1. The van der Waals surface area contributed by atoms with Crippen LogP contribution in [-0.4, -0.2) is 83.0 Å². The normalized spacial score (nSPS) is 18.0. The number of piperazine rings is 1. The lowest BCUT2D eigenvalue weighted by Crippen LogP contribution is -2.52. The van der Waals surface area contributed by atoms with E-state index in [-0.39, 0.29) is 24.0 Å². The number of halogens is 1. The zero-order valence-corrected chi connectivity index (χ0v) is 20.9. The molecule has 7 nitrogen and oxygen atoms in total. The highest BCUT2D eigenvalue weighted by atomic mass is 127. The number of aliphatic imine (C=N–C) groups is 1. The molecule has 1 aliphatic heterocycles. The Bertz CT molecular complexity index is 607. The van der Waals surface area contributed by atoms with Gasteiger partial charge in [-0.3, -0.25) is 9.89 Å². The molecule has 0 aromatic carbocycles. The van der Waals surface area contributed by atoms with Gasteiger partial charge in [0.05, 0.1) is 6.54 Å². The van der Waals surface area contributed by atoms with E-state index in [9.17, 15) is 0 Å². The summed E-state index contributed by atoms with van der Waals surface area (Å²) in [6.07, 6.45) is 3.62. The molecule has 160 valence electrons. The first-order valence-corrected chi connectivity index (χ1v) is 11.3. The van der Waals surface area contributed by atoms with Crippen LogP contribution in [0.1, 0.15) is 46.4 Å². The standard InChI is InChI=1S/C19H35N7S.HI/c1-5-17-22-19(27-23-17)25-13-11-24(12-14-25)18(20-6-2)21-9-10-26(15(3)4)16-7-8-16;/h15-16H,5-14H2,1-4H3,(H,20,21);1H. The molecule has 2 fully saturated rings. The summed E-state index contributed by atoms with van der Waals surface area (Å²) in [6.45, 7) is 15.6. The minimum absolute atomic E-state index is 0. The molecule has 2 heterocycles. The molecule has 0 amide bonds. The molecule has 2 aliphatic rings. The van der Waals surface area contributed by atoms with Gasteiger partial charge in [-0.1, -0.05) is 6.92 Å². The monoisotopic (exact) mass is 521 g/mol. The van der Waals surface area contributed by atoms with Gasteiger partial charge in [-0.15, -0.1) is 24.0 Å². The van der Waals surface area contributed by atoms with Gasteiger partial charge < -0.3 is 15.1 Å². The topological polar surface area (TPSA) is 59.9 Å². The van der Waals surface area contributed by atoms with Crippen molar-refractivity contribution in [3.63, 3.8) is 0 Å². The Morgan fingerprint density at radius 3 is 2.50 bits per heavy atom. The van der Waals surface area contributed by atoms with Crippen molar-refractivity contribution in [2.75, 3.05) is 50.7 Å². The first-order valence-electron chi connectivity index (χ1n) is 10.5. The van der Waals surface area contributed by atoms with Crippen molar-refractivity contribution in [2.45, 2.75) is 59.0 Å². The van der Waals surface area contributed by atoms with Crippen LogP contribution in [0.2, 0.25) is 0 Å². The average Bonchev–Trinajstić information content (AvgIpc) is 3.39. The summed E-state index contributed by atoms with van der Waals surface area (Å²) >= 11 is 1.52.